The topological polar surface area (TPSA) is 107 Å². The number of hydrogen-bond donors (Lipinski definition) is 3. The molecule has 7 heteroatoms. The molecule has 0 saturated carbocycles. The molecule has 0 aliphatic carbocycles. The second kappa shape index (κ2) is 6.03. The van der Waals surface area contributed by atoms with E-state index in [1.165, 1.54) is 12.1 Å². The van der Waals surface area contributed by atoms with Gasteiger partial charge in [-0.1, -0.05) is 0 Å². The third-order valence-corrected chi connectivity index (χ3v) is 3.03. The highest BCUT2D eigenvalue weighted by molar-refractivity contribution is 7.89. The quantitative estimate of drug-likeness (QED) is 0.523. The smallest absolute Gasteiger partial charge is 0.238 e. The number of sulfonamides is 1. The van der Waals surface area contributed by atoms with Gasteiger partial charge in [0.05, 0.1) is 17.6 Å². The van der Waals surface area contributed by atoms with Crippen LogP contribution in [0, 0.1) is 0 Å². The fourth-order valence-corrected chi connectivity index (χ4v) is 1.97. The van der Waals surface area contributed by atoms with Gasteiger partial charge in [-0.3, -0.25) is 0 Å². The van der Waals surface area contributed by atoms with E-state index in [0.717, 1.165) is 0 Å². The average molecular weight is 273 g/mol. The van der Waals surface area contributed by atoms with Crippen LogP contribution in [0.15, 0.2) is 23.1 Å². The first-order valence-corrected chi connectivity index (χ1v) is 7.12. The van der Waals surface area contributed by atoms with E-state index in [-0.39, 0.29) is 11.0 Å². The molecule has 0 atom stereocenters. The molecule has 0 amide bonds. The Kier molecular flexibility index (Phi) is 4.94. The molecule has 1 rings (SSSR count). The molecule has 0 unspecified atom stereocenters. The Hall–Kier alpha value is -1.31. The fraction of sp³-hybridized carbons (Fsp3) is 0.455. The number of anilines is 2. The van der Waals surface area contributed by atoms with Gasteiger partial charge in [-0.25, -0.2) is 13.6 Å². The van der Waals surface area contributed by atoms with Gasteiger partial charge in [0.25, 0.3) is 0 Å². The summed E-state index contributed by atoms with van der Waals surface area (Å²) in [5.74, 6) is 0. The number of hydrogen-bond acceptors (Lipinski definition) is 5. The molecule has 0 heterocycles. The highest BCUT2D eigenvalue weighted by atomic mass is 32.2. The first-order chi connectivity index (χ1) is 8.29. The van der Waals surface area contributed by atoms with Crippen LogP contribution in [0.2, 0.25) is 0 Å². The molecule has 0 bridgehead atoms. The number of ether oxygens (including phenoxy) is 1. The Bertz CT molecular complexity index is 500. The summed E-state index contributed by atoms with van der Waals surface area (Å²) in [7, 11) is -3.74. The average Bonchev–Trinajstić information content (AvgIpc) is 2.22. The van der Waals surface area contributed by atoms with Crippen molar-refractivity contribution in [2.24, 2.45) is 5.14 Å². The number of nitrogens with two attached hydrogens (primary N) is 2. The number of benzene rings is 1. The molecule has 0 aliphatic rings. The second-order valence-corrected chi connectivity index (χ2v) is 5.74. The summed E-state index contributed by atoms with van der Waals surface area (Å²) in [5.41, 5.74) is 6.56. The van der Waals surface area contributed by atoms with Crippen LogP contribution >= 0.6 is 0 Å². The zero-order chi connectivity index (χ0) is 13.8. The van der Waals surface area contributed by atoms with E-state index in [4.69, 9.17) is 15.6 Å². The first-order valence-electron chi connectivity index (χ1n) is 5.58. The van der Waals surface area contributed by atoms with E-state index in [1.807, 2.05) is 13.8 Å². The largest absolute Gasteiger partial charge is 0.399 e. The number of primary sulfonamides is 1. The highest BCUT2D eigenvalue weighted by Crippen LogP contribution is 2.19. The normalized spacial score (nSPS) is 11.8. The van der Waals surface area contributed by atoms with Crippen LogP contribution in [0.3, 0.4) is 0 Å². The predicted molar refractivity (Wildman–Crippen MR) is 71.8 cm³/mol. The summed E-state index contributed by atoms with van der Waals surface area (Å²) in [6.45, 7) is 4.97. The second-order valence-electron chi connectivity index (χ2n) is 4.18. The molecule has 1 aromatic carbocycles. The Morgan fingerprint density at radius 3 is 2.56 bits per heavy atom. The lowest BCUT2D eigenvalue weighted by Gasteiger charge is -2.11. The highest BCUT2D eigenvalue weighted by Gasteiger charge is 2.09. The molecule has 0 spiro atoms. The Balaban J connectivity index is 2.69. The molecule has 5 N–H and O–H groups in total. The van der Waals surface area contributed by atoms with Crippen LogP contribution in [0.5, 0.6) is 0 Å². The standard InChI is InChI=1S/C11H19N3O3S/c1-8(2)17-4-3-14-10-5-9(12)6-11(7-10)18(13,15)16/h5-8,14H,3-4,12H2,1-2H3,(H2,13,15,16). The third-order valence-electron chi connectivity index (χ3n) is 2.14. The Morgan fingerprint density at radius 2 is 2.00 bits per heavy atom. The van der Waals surface area contributed by atoms with Crippen molar-refractivity contribution in [3.63, 3.8) is 0 Å². The van der Waals surface area contributed by atoms with Crippen molar-refractivity contribution in [2.75, 3.05) is 24.2 Å². The maximum atomic E-state index is 11.2. The molecule has 0 radical (unpaired) electrons. The Labute approximate surface area is 107 Å². The lowest BCUT2D eigenvalue weighted by molar-refractivity contribution is 0.0870. The van der Waals surface area contributed by atoms with E-state index < -0.39 is 10.0 Å². The van der Waals surface area contributed by atoms with Gasteiger partial charge in [0.1, 0.15) is 0 Å². The van der Waals surface area contributed by atoms with Crippen LogP contribution in [-0.4, -0.2) is 27.7 Å². The van der Waals surface area contributed by atoms with Gasteiger partial charge in [-0.15, -0.1) is 0 Å². The minimum Gasteiger partial charge on any atom is -0.399 e. The molecular formula is C11H19N3O3S. The zero-order valence-electron chi connectivity index (χ0n) is 10.5. The summed E-state index contributed by atoms with van der Waals surface area (Å²) in [6, 6.07) is 4.41. The summed E-state index contributed by atoms with van der Waals surface area (Å²) in [4.78, 5) is -0.00484. The molecule has 0 fully saturated rings. The minimum atomic E-state index is -3.74. The predicted octanol–water partition coefficient (Wildman–Crippen LogP) is 0.753. The Morgan fingerprint density at radius 1 is 1.33 bits per heavy atom. The van der Waals surface area contributed by atoms with Crippen molar-refractivity contribution in [3.05, 3.63) is 18.2 Å². The van der Waals surface area contributed by atoms with Gasteiger partial charge in [0.2, 0.25) is 10.0 Å². The van der Waals surface area contributed by atoms with Crippen LogP contribution in [0.25, 0.3) is 0 Å². The van der Waals surface area contributed by atoms with Gasteiger partial charge in [-0.05, 0) is 32.0 Å². The van der Waals surface area contributed by atoms with Crippen molar-refractivity contribution in [3.8, 4) is 0 Å². The lowest BCUT2D eigenvalue weighted by Crippen LogP contribution is -2.15. The maximum absolute atomic E-state index is 11.2. The van der Waals surface area contributed by atoms with Crippen molar-refractivity contribution < 1.29 is 13.2 Å². The molecule has 102 valence electrons. The summed E-state index contributed by atoms with van der Waals surface area (Å²) in [6.07, 6.45) is 0.160. The molecule has 0 aliphatic heterocycles. The number of rotatable bonds is 6. The first kappa shape index (κ1) is 14.7. The van der Waals surface area contributed by atoms with Crippen LogP contribution in [0.1, 0.15) is 13.8 Å². The zero-order valence-corrected chi connectivity index (χ0v) is 11.3. The van der Waals surface area contributed by atoms with Crippen molar-refractivity contribution >= 4 is 21.4 Å². The molecule has 6 nitrogen and oxygen atoms in total. The molecular weight excluding hydrogens is 254 g/mol. The van der Waals surface area contributed by atoms with Gasteiger partial charge in [0.15, 0.2) is 0 Å². The lowest BCUT2D eigenvalue weighted by atomic mass is 10.3. The van der Waals surface area contributed by atoms with Gasteiger partial charge in [0, 0.05) is 17.9 Å². The fourth-order valence-electron chi connectivity index (χ4n) is 1.38. The molecule has 0 saturated heterocycles. The molecule has 18 heavy (non-hydrogen) atoms. The third kappa shape index (κ3) is 4.91. The van der Waals surface area contributed by atoms with Gasteiger partial charge >= 0.3 is 0 Å². The van der Waals surface area contributed by atoms with Crippen LogP contribution in [0.4, 0.5) is 11.4 Å². The molecule has 0 aromatic heterocycles. The number of nitrogen functional groups attached to an aromatic ring is 1. The maximum Gasteiger partial charge on any atom is 0.238 e. The van der Waals surface area contributed by atoms with Gasteiger partial charge < -0.3 is 15.8 Å². The van der Waals surface area contributed by atoms with E-state index in [0.29, 0.717) is 24.5 Å². The summed E-state index contributed by atoms with van der Waals surface area (Å²) < 4.78 is 27.8. The monoisotopic (exact) mass is 273 g/mol. The number of nitrogens with one attached hydrogen (secondary N) is 1. The van der Waals surface area contributed by atoms with Crippen molar-refractivity contribution in [1.29, 1.82) is 0 Å². The van der Waals surface area contributed by atoms with E-state index >= 15 is 0 Å². The van der Waals surface area contributed by atoms with Gasteiger partial charge in [-0.2, -0.15) is 0 Å². The minimum absolute atomic E-state index is 0.00484. The van der Waals surface area contributed by atoms with E-state index in [9.17, 15) is 8.42 Å². The van der Waals surface area contributed by atoms with E-state index in [1.54, 1.807) is 6.07 Å². The van der Waals surface area contributed by atoms with E-state index in [2.05, 4.69) is 5.32 Å². The van der Waals surface area contributed by atoms with Crippen LogP contribution in [-0.2, 0) is 14.8 Å². The van der Waals surface area contributed by atoms with Crippen molar-refractivity contribution in [2.45, 2.75) is 24.8 Å². The summed E-state index contributed by atoms with van der Waals surface area (Å²) in [5, 5.41) is 8.08. The van der Waals surface area contributed by atoms with Crippen LogP contribution < -0.4 is 16.2 Å². The SMILES string of the molecule is CC(C)OCCNc1cc(N)cc(S(N)(=O)=O)c1. The van der Waals surface area contributed by atoms with Crippen molar-refractivity contribution in [1.82, 2.24) is 0 Å². The molecule has 1 aromatic rings. The summed E-state index contributed by atoms with van der Waals surface area (Å²) >= 11 is 0.